The van der Waals surface area contributed by atoms with E-state index in [0.29, 0.717) is 24.4 Å². The molecule has 2 aliphatic rings. The minimum Gasteiger partial charge on any atom is -0.369 e. The van der Waals surface area contributed by atoms with Gasteiger partial charge in [-0.3, -0.25) is 14.7 Å². The summed E-state index contributed by atoms with van der Waals surface area (Å²) >= 11 is 0. The van der Waals surface area contributed by atoms with E-state index in [1.807, 2.05) is 0 Å². The van der Waals surface area contributed by atoms with Crippen molar-refractivity contribution < 1.29 is 4.79 Å². The lowest BCUT2D eigenvalue weighted by Crippen LogP contribution is -2.49. The zero-order valence-corrected chi connectivity index (χ0v) is 18.4. The molecule has 6 nitrogen and oxygen atoms in total. The molecule has 1 aliphatic carbocycles. The van der Waals surface area contributed by atoms with E-state index in [0.717, 1.165) is 45.0 Å². The van der Waals surface area contributed by atoms with Crippen molar-refractivity contribution in [3.05, 3.63) is 35.9 Å². The molecule has 1 saturated heterocycles. The second kappa shape index (κ2) is 10.8. The number of nitrogens with zero attached hydrogens (tertiary/aromatic N) is 2. The third-order valence-electron chi connectivity index (χ3n) is 5.29. The Balaban J connectivity index is 0.00000261. The fraction of sp³-hybridized carbons (Fsp3) is 0.600. The van der Waals surface area contributed by atoms with Gasteiger partial charge in [-0.15, -0.1) is 24.0 Å². The van der Waals surface area contributed by atoms with Gasteiger partial charge in [-0.2, -0.15) is 0 Å². The zero-order valence-electron chi connectivity index (χ0n) is 16.1. The number of aliphatic imine (C=N–C) groups is 1. The average molecular weight is 485 g/mol. The van der Waals surface area contributed by atoms with Crippen LogP contribution in [0.15, 0.2) is 35.3 Å². The predicted octanol–water partition coefficient (Wildman–Crippen LogP) is 1.91. The Morgan fingerprint density at radius 2 is 1.96 bits per heavy atom. The summed E-state index contributed by atoms with van der Waals surface area (Å²) in [6.07, 6.45) is 3.25. The zero-order chi connectivity index (χ0) is 18.4. The standard InChI is InChI=1S/C20H31N5O.HI/c1-2-22-20(24-17-8-10-25(11-9-17)14-19(21)26)23-13-16-12-18(16)15-6-4-3-5-7-15;/h3-7,16-18H,2,8-14H2,1H3,(H2,21,26)(H2,22,23,24);1H. The summed E-state index contributed by atoms with van der Waals surface area (Å²) in [5.41, 5.74) is 6.72. The summed E-state index contributed by atoms with van der Waals surface area (Å²) in [5.74, 6) is 1.99. The van der Waals surface area contributed by atoms with Crippen LogP contribution in [0.25, 0.3) is 0 Å². The Morgan fingerprint density at radius 1 is 1.26 bits per heavy atom. The lowest BCUT2D eigenvalue weighted by Gasteiger charge is -2.32. The summed E-state index contributed by atoms with van der Waals surface area (Å²) in [5, 5.41) is 6.93. The van der Waals surface area contributed by atoms with E-state index in [9.17, 15) is 4.79 Å². The molecule has 1 aliphatic heterocycles. The first-order valence-corrected chi connectivity index (χ1v) is 9.76. The van der Waals surface area contributed by atoms with Gasteiger partial charge in [-0.25, -0.2) is 0 Å². The number of nitrogens with two attached hydrogens (primary N) is 1. The Kier molecular flexibility index (Phi) is 8.82. The number of hydrogen-bond acceptors (Lipinski definition) is 3. The van der Waals surface area contributed by atoms with Crippen molar-refractivity contribution in [2.24, 2.45) is 16.6 Å². The van der Waals surface area contributed by atoms with Crippen molar-refractivity contribution in [2.45, 2.75) is 38.1 Å². The summed E-state index contributed by atoms with van der Waals surface area (Å²) in [6.45, 7) is 5.99. The number of carbonyl (C=O) groups excluding carboxylic acids is 1. The molecule has 1 aromatic carbocycles. The maximum absolute atomic E-state index is 11.0. The van der Waals surface area contributed by atoms with E-state index in [2.05, 4.69) is 52.8 Å². The quantitative estimate of drug-likeness (QED) is 0.313. The largest absolute Gasteiger partial charge is 0.369 e. The smallest absolute Gasteiger partial charge is 0.231 e. The van der Waals surface area contributed by atoms with Crippen molar-refractivity contribution in [2.75, 3.05) is 32.7 Å². The Bertz CT molecular complexity index is 616. The SMILES string of the molecule is CCNC(=NCC1CC1c1ccccc1)NC1CCN(CC(N)=O)CC1.I. The fourth-order valence-corrected chi connectivity index (χ4v) is 3.74. The van der Waals surface area contributed by atoms with Gasteiger partial charge in [-0.05, 0) is 43.6 Å². The molecule has 0 spiro atoms. The predicted molar refractivity (Wildman–Crippen MR) is 120 cm³/mol. The Labute approximate surface area is 179 Å². The van der Waals surface area contributed by atoms with E-state index < -0.39 is 0 Å². The molecular formula is C20H32IN5O. The highest BCUT2D eigenvalue weighted by Gasteiger charge is 2.37. The number of nitrogens with one attached hydrogen (secondary N) is 2. The molecular weight excluding hydrogens is 453 g/mol. The maximum atomic E-state index is 11.0. The van der Waals surface area contributed by atoms with E-state index in [1.54, 1.807) is 0 Å². The number of guanidine groups is 1. The van der Waals surface area contributed by atoms with Crippen LogP contribution in [0.1, 0.15) is 37.7 Å². The third-order valence-corrected chi connectivity index (χ3v) is 5.29. The second-order valence-corrected chi connectivity index (χ2v) is 7.39. The lowest BCUT2D eigenvalue weighted by atomic mass is 10.1. The number of benzene rings is 1. The second-order valence-electron chi connectivity index (χ2n) is 7.39. The number of hydrogen-bond donors (Lipinski definition) is 3. The summed E-state index contributed by atoms with van der Waals surface area (Å²) in [7, 11) is 0. The first-order chi connectivity index (χ1) is 12.7. The molecule has 3 rings (SSSR count). The normalized spacial score (nSPS) is 23.4. The van der Waals surface area contributed by atoms with E-state index in [4.69, 9.17) is 10.7 Å². The minimum absolute atomic E-state index is 0. The Morgan fingerprint density at radius 3 is 2.59 bits per heavy atom. The van der Waals surface area contributed by atoms with Crippen LogP contribution < -0.4 is 16.4 Å². The van der Waals surface area contributed by atoms with Gasteiger partial charge >= 0.3 is 0 Å². The van der Waals surface area contributed by atoms with Gasteiger partial charge < -0.3 is 16.4 Å². The number of piperidine rings is 1. The fourth-order valence-electron chi connectivity index (χ4n) is 3.74. The highest BCUT2D eigenvalue weighted by molar-refractivity contribution is 14.0. The molecule has 2 unspecified atom stereocenters. The van der Waals surface area contributed by atoms with Crippen molar-refractivity contribution in [1.82, 2.24) is 15.5 Å². The molecule has 1 amide bonds. The van der Waals surface area contributed by atoms with Crippen LogP contribution >= 0.6 is 24.0 Å². The van der Waals surface area contributed by atoms with Gasteiger partial charge in [0.25, 0.3) is 0 Å². The van der Waals surface area contributed by atoms with Gasteiger partial charge in [0.15, 0.2) is 5.96 Å². The van der Waals surface area contributed by atoms with Crippen LogP contribution in [0.4, 0.5) is 0 Å². The molecule has 2 atom stereocenters. The van der Waals surface area contributed by atoms with Crippen molar-refractivity contribution in [1.29, 1.82) is 0 Å². The van der Waals surface area contributed by atoms with Crippen LogP contribution in [0, 0.1) is 5.92 Å². The third kappa shape index (κ3) is 6.95. The van der Waals surface area contributed by atoms with Gasteiger partial charge in [0.1, 0.15) is 0 Å². The maximum Gasteiger partial charge on any atom is 0.231 e. The Hall–Kier alpha value is -1.35. The molecule has 1 heterocycles. The highest BCUT2D eigenvalue weighted by atomic mass is 127. The summed E-state index contributed by atoms with van der Waals surface area (Å²) in [6, 6.07) is 11.1. The average Bonchev–Trinajstić information content (AvgIpc) is 3.41. The van der Waals surface area contributed by atoms with E-state index >= 15 is 0 Å². The van der Waals surface area contributed by atoms with Crippen molar-refractivity contribution >= 4 is 35.8 Å². The number of rotatable bonds is 7. The number of primary amides is 1. The molecule has 150 valence electrons. The topological polar surface area (TPSA) is 82.8 Å². The summed E-state index contributed by atoms with van der Waals surface area (Å²) in [4.78, 5) is 18.0. The van der Waals surface area contributed by atoms with Crippen molar-refractivity contribution in [3.63, 3.8) is 0 Å². The van der Waals surface area contributed by atoms with Crippen LogP contribution in [0.5, 0.6) is 0 Å². The molecule has 0 radical (unpaired) electrons. The van der Waals surface area contributed by atoms with E-state index in [1.165, 1.54) is 12.0 Å². The molecule has 0 aromatic heterocycles. The summed E-state index contributed by atoms with van der Waals surface area (Å²) < 4.78 is 0. The first kappa shape index (κ1) is 21.9. The number of likely N-dealkylation sites (tertiary alicyclic amines) is 1. The molecule has 1 aromatic rings. The van der Waals surface area contributed by atoms with Gasteiger partial charge in [0.05, 0.1) is 6.54 Å². The van der Waals surface area contributed by atoms with Crippen LogP contribution in [-0.2, 0) is 4.79 Å². The lowest BCUT2D eigenvalue weighted by molar-refractivity contribution is -0.119. The first-order valence-electron chi connectivity index (χ1n) is 9.76. The monoisotopic (exact) mass is 485 g/mol. The van der Waals surface area contributed by atoms with Gasteiger partial charge in [0.2, 0.25) is 5.91 Å². The highest BCUT2D eigenvalue weighted by Crippen LogP contribution is 2.47. The molecule has 1 saturated carbocycles. The van der Waals surface area contributed by atoms with Crippen molar-refractivity contribution in [3.8, 4) is 0 Å². The minimum atomic E-state index is -0.247. The molecule has 4 N–H and O–H groups in total. The number of carbonyl (C=O) groups is 1. The molecule has 0 bridgehead atoms. The van der Waals surface area contributed by atoms with Crippen LogP contribution in [0.2, 0.25) is 0 Å². The number of amides is 1. The van der Waals surface area contributed by atoms with E-state index in [-0.39, 0.29) is 29.9 Å². The van der Waals surface area contributed by atoms with Crippen LogP contribution in [0.3, 0.4) is 0 Å². The number of halogens is 1. The molecule has 7 heteroatoms. The van der Waals surface area contributed by atoms with Crippen LogP contribution in [-0.4, -0.2) is 55.5 Å². The molecule has 27 heavy (non-hydrogen) atoms. The van der Waals surface area contributed by atoms with Gasteiger partial charge in [-0.1, -0.05) is 30.3 Å². The molecule has 2 fully saturated rings. The van der Waals surface area contributed by atoms with Gasteiger partial charge in [0, 0.05) is 32.2 Å².